The van der Waals surface area contributed by atoms with E-state index in [1.807, 2.05) is 11.8 Å². The lowest BCUT2D eigenvalue weighted by Gasteiger charge is -2.42. The molecule has 2 spiro atoms. The van der Waals surface area contributed by atoms with Crippen LogP contribution in [0.15, 0.2) is 252 Å². The standard InChI is InChI=1S/C76H58N2OS/c1-73(2,3)47-35-41-71-63(43-47)76(64-44-48(74(4,5)6)36-42-72(64)80-71)58-26-12-8-22-52(58)54-40-38-50(46-62(54)76)77(67-31-17-18-32-68(67)78-65-29-15-9-23-55(65)56-24-10-16-30-66(56)78)49-37-39-53-51-21-7-11-25-57(51)75(61(53)45-49)59-27-13-19-33-69(59)79-70-34-20-14-28-60(70)75/h7-46H,1-6H3. The van der Waals surface area contributed by atoms with Gasteiger partial charge in [0.25, 0.3) is 0 Å². The predicted molar refractivity (Wildman–Crippen MR) is 332 cm³/mol. The number of hydrogen-bond acceptors (Lipinski definition) is 3. The van der Waals surface area contributed by atoms with E-state index in [9.17, 15) is 0 Å². The zero-order valence-electron chi connectivity index (χ0n) is 45.8. The van der Waals surface area contributed by atoms with Crippen LogP contribution in [0.5, 0.6) is 11.5 Å². The Hall–Kier alpha value is -8.83. The van der Waals surface area contributed by atoms with Crippen molar-refractivity contribution < 1.29 is 4.74 Å². The summed E-state index contributed by atoms with van der Waals surface area (Å²) in [7, 11) is 0. The lowest BCUT2D eigenvalue weighted by atomic mass is 9.65. The predicted octanol–water partition coefficient (Wildman–Crippen LogP) is 20.1. The highest BCUT2D eigenvalue weighted by molar-refractivity contribution is 7.99. The lowest BCUT2D eigenvalue weighted by molar-refractivity contribution is 0.436. The first-order chi connectivity index (χ1) is 38.9. The van der Waals surface area contributed by atoms with E-state index < -0.39 is 10.8 Å². The smallest absolute Gasteiger partial charge is 0.132 e. The van der Waals surface area contributed by atoms with Gasteiger partial charge in [-0.1, -0.05) is 223 Å². The number of ether oxygens (including phenoxy) is 1. The van der Waals surface area contributed by atoms with Crippen molar-refractivity contribution in [2.45, 2.75) is 73.0 Å². The third-order valence-electron chi connectivity index (χ3n) is 18.0. The highest BCUT2D eigenvalue weighted by Gasteiger charge is 2.53. The summed E-state index contributed by atoms with van der Waals surface area (Å²) in [5.74, 6) is 1.76. The number of nitrogens with zero attached hydrogens (tertiary/aromatic N) is 2. The second-order valence-electron chi connectivity index (χ2n) is 24.4. The summed E-state index contributed by atoms with van der Waals surface area (Å²) < 4.78 is 9.34. The molecule has 80 heavy (non-hydrogen) atoms. The van der Waals surface area contributed by atoms with Crippen molar-refractivity contribution in [1.82, 2.24) is 4.57 Å². The minimum Gasteiger partial charge on any atom is -0.457 e. The second kappa shape index (κ2) is 16.8. The number of anilines is 3. The van der Waals surface area contributed by atoms with Gasteiger partial charge in [-0.2, -0.15) is 0 Å². The number of aromatic nitrogens is 1. The van der Waals surface area contributed by atoms with Crippen LogP contribution in [0.25, 0.3) is 49.7 Å². The third kappa shape index (κ3) is 6.40. The second-order valence-corrected chi connectivity index (χ2v) is 25.4. The maximum absolute atomic E-state index is 6.85. The van der Waals surface area contributed by atoms with Crippen molar-refractivity contribution in [2.24, 2.45) is 0 Å². The van der Waals surface area contributed by atoms with Gasteiger partial charge in [0, 0.05) is 43.1 Å². The van der Waals surface area contributed by atoms with Crippen LogP contribution in [0.3, 0.4) is 0 Å². The van der Waals surface area contributed by atoms with Gasteiger partial charge in [0.05, 0.1) is 33.2 Å². The molecular weight excluding hydrogens is 989 g/mol. The summed E-state index contributed by atoms with van der Waals surface area (Å²) in [6.45, 7) is 14.1. The molecule has 2 aliphatic heterocycles. The van der Waals surface area contributed by atoms with E-state index in [1.54, 1.807) is 0 Å². The zero-order chi connectivity index (χ0) is 53.9. The van der Waals surface area contributed by atoms with Crippen LogP contribution in [0.1, 0.15) is 97.2 Å². The van der Waals surface area contributed by atoms with E-state index in [-0.39, 0.29) is 10.8 Å². The Kier molecular flexibility index (Phi) is 9.94. The van der Waals surface area contributed by atoms with Crippen LogP contribution in [0.4, 0.5) is 17.1 Å². The van der Waals surface area contributed by atoms with Crippen LogP contribution in [0, 0.1) is 0 Å². The van der Waals surface area contributed by atoms with Gasteiger partial charge >= 0.3 is 0 Å². The van der Waals surface area contributed by atoms with Gasteiger partial charge in [-0.15, -0.1) is 0 Å². The first-order valence-corrected chi connectivity index (χ1v) is 29.0. The summed E-state index contributed by atoms with van der Waals surface area (Å²) in [5, 5.41) is 2.46. The summed E-state index contributed by atoms with van der Waals surface area (Å²) >= 11 is 1.92. The molecular formula is C76H58N2OS. The molecule has 0 fully saturated rings. The van der Waals surface area contributed by atoms with Crippen LogP contribution < -0.4 is 9.64 Å². The number of hydrogen-bond donors (Lipinski definition) is 0. The maximum atomic E-state index is 6.85. The topological polar surface area (TPSA) is 17.4 Å². The van der Waals surface area contributed by atoms with Crippen LogP contribution >= 0.6 is 11.8 Å². The number of rotatable bonds is 4. The third-order valence-corrected chi connectivity index (χ3v) is 19.2. The number of fused-ring (bicyclic) bond motifs is 21. The SMILES string of the molecule is CC(C)(C)c1ccc2c(c1)C1(c3cc(C(C)(C)C)ccc3S2)c2ccccc2-c2ccc(N(c3ccc4c(c3)C3(c5ccccc5Oc5ccccc53)c3ccccc3-4)c3ccccc3-n3c4ccccc4c4ccccc43)cc21. The molecule has 0 radical (unpaired) electrons. The van der Waals surface area contributed by atoms with Crippen molar-refractivity contribution in [3.8, 4) is 39.4 Å². The molecule has 0 saturated carbocycles. The normalized spacial score (nSPS) is 14.6. The van der Waals surface area contributed by atoms with Gasteiger partial charge in [-0.25, -0.2) is 0 Å². The van der Waals surface area contributed by atoms with Crippen LogP contribution in [-0.2, 0) is 21.7 Å². The Labute approximate surface area is 472 Å². The summed E-state index contributed by atoms with van der Waals surface area (Å²) in [6.07, 6.45) is 0. The molecule has 0 amide bonds. The summed E-state index contributed by atoms with van der Waals surface area (Å²) in [5.41, 5.74) is 23.1. The molecule has 384 valence electrons. The van der Waals surface area contributed by atoms with Gasteiger partial charge < -0.3 is 14.2 Å². The van der Waals surface area contributed by atoms with Crippen LogP contribution in [-0.4, -0.2) is 4.57 Å². The van der Waals surface area contributed by atoms with Gasteiger partial charge in [-0.05, 0) is 150 Å². The van der Waals surface area contributed by atoms with Crippen molar-refractivity contribution >= 4 is 50.6 Å². The molecule has 16 rings (SSSR count). The average molecular weight is 1050 g/mol. The van der Waals surface area contributed by atoms with Crippen molar-refractivity contribution in [3.05, 3.63) is 298 Å². The Balaban J connectivity index is 1.02. The average Bonchev–Trinajstić information content (AvgIpc) is 2.49. The molecule has 2 aliphatic carbocycles. The largest absolute Gasteiger partial charge is 0.457 e. The Morgan fingerprint density at radius 2 is 0.775 bits per heavy atom. The van der Waals surface area contributed by atoms with Crippen LogP contribution in [0.2, 0.25) is 0 Å². The monoisotopic (exact) mass is 1050 g/mol. The molecule has 0 N–H and O–H groups in total. The Bertz CT molecular complexity index is 4440. The number of para-hydroxylation sites is 6. The van der Waals surface area contributed by atoms with Gasteiger partial charge in [0.2, 0.25) is 0 Å². The molecule has 3 heterocycles. The highest BCUT2D eigenvalue weighted by Crippen LogP contribution is 2.65. The first kappa shape index (κ1) is 47.2. The van der Waals surface area contributed by atoms with E-state index in [2.05, 4.69) is 294 Å². The molecule has 4 aliphatic rings. The lowest BCUT2D eigenvalue weighted by Crippen LogP contribution is -2.33. The molecule has 1 aromatic heterocycles. The molecule has 0 unspecified atom stereocenters. The van der Waals surface area contributed by atoms with E-state index >= 15 is 0 Å². The Morgan fingerprint density at radius 1 is 0.362 bits per heavy atom. The van der Waals surface area contributed by atoms with Crippen molar-refractivity contribution in [3.63, 3.8) is 0 Å². The minimum absolute atomic E-state index is 0.0688. The number of benzene rings is 11. The van der Waals surface area contributed by atoms with E-state index in [0.717, 1.165) is 45.4 Å². The quantitative estimate of drug-likeness (QED) is 0.175. The zero-order valence-corrected chi connectivity index (χ0v) is 46.6. The van der Waals surface area contributed by atoms with Crippen molar-refractivity contribution in [2.75, 3.05) is 4.90 Å². The fraction of sp³-hybridized carbons (Fsp3) is 0.132. The van der Waals surface area contributed by atoms with E-state index in [0.29, 0.717) is 0 Å². The molecule has 0 saturated heterocycles. The Morgan fingerprint density at radius 3 is 1.29 bits per heavy atom. The fourth-order valence-corrected chi connectivity index (χ4v) is 15.6. The van der Waals surface area contributed by atoms with Gasteiger partial charge in [-0.3, -0.25) is 0 Å². The fourth-order valence-electron chi connectivity index (χ4n) is 14.4. The summed E-state index contributed by atoms with van der Waals surface area (Å²) in [6, 6.07) is 91.9. The molecule has 3 nitrogen and oxygen atoms in total. The molecule has 0 bridgehead atoms. The summed E-state index contributed by atoms with van der Waals surface area (Å²) in [4.78, 5) is 5.17. The molecule has 12 aromatic rings. The first-order valence-electron chi connectivity index (χ1n) is 28.2. The van der Waals surface area contributed by atoms with E-state index in [4.69, 9.17) is 4.74 Å². The van der Waals surface area contributed by atoms with E-state index in [1.165, 1.54) is 98.4 Å². The minimum atomic E-state index is -0.655. The maximum Gasteiger partial charge on any atom is 0.132 e. The molecule has 11 aromatic carbocycles. The van der Waals surface area contributed by atoms with Crippen molar-refractivity contribution in [1.29, 1.82) is 0 Å². The molecule has 0 atom stereocenters. The van der Waals surface area contributed by atoms with Gasteiger partial charge in [0.1, 0.15) is 11.5 Å². The highest BCUT2D eigenvalue weighted by atomic mass is 32.2. The van der Waals surface area contributed by atoms with Gasteiger partial charge in [0.15, 0.2) is 0 Å². The molecule has 4 heteroatoms.